The SMILES string of the molecule is O=C(O)CCc1ccccc1NC(=O)CC1CCCCO1. The van der Waals surface area contributed by atoms with E-state index in [0.717, 1.165) is 31.4 Å². The number of para-hydroxylation sites is 1. The molecule has 1 atom stereocenters. The second-order valence-corrected chi connectivity index (χ2v) is 5.29. The van der Waals surface area contributed by atoms with E-state index in [0.29, 0.717) is 18.5 Å². The Morgan fingerprint density at radius 1 is 1.29 bits per heavy atom. The maximum atomic E-state index is 12.1. The molecule has 1 saturated heterocycles. The molecule has 2 rings (SSSR count). The predicted octanol–water partition coefficient (Wildman–Crippen LogP) is 2.60. The number of carbonyl (C=O) groups excluding carboxylic acids is 1. The second-order valence-electron chi connectivity index (χ2n) is 5.29. The van der Waals surface area contributed by atoms with E-state index in [1.54, 1.807) is 6.07 Å². The van der Waals surface area contributed by atoms with Crippen molar-refractivity contribution in [3.05, 3.63) is 29.8 Å². The molecule has 0 saturated carbocycles. The number of anilines is 1. The number of nitrogens with one attached hydrogen (secondary N) is 1. The summed E-state index contributed by atoms with van der Waals surface area (Å²) in [6.45, 7) is 0.729. The van der Waals surface area contributed by atoms with Crippen molar-refractivity contribution in [2.45, 2.75) is 44.6 Å². The van der Waals surface area contributed by atoms with Gasteiger partial charge in [-0.25, -0.2) is 0 Å². The molecule has 0 aliphatic carbocycles. The van der Waals surface area contributed by atoms with Gasteiger partial charge in [0.05, 0.1) is 12.5 Å². The number of benzene rings is 1. The lowest BCUT2D eigenvalue weighted by atomic mass is 10.0. The van der Waals surface area contributed by atoms with Gasteiger partial charge in [-0.3, -0.25) is 9.59 Å². The molecule has 0 bridgehead atoms. The number of amides is 1. The lowest BCUT2D eigenvalue weighted by Gasteiger charge is -2.22. The van der Waals surface area contributed by atoms with Gasteiger partial charge < -0.3 is 15.2 Å². The molecular weight excluding hydrogens is 270 g/mol. The van der Waals surface area contributed by atoms with Crippen LogP contribution >= 0.6 is 0 Å². The van der Waals surface area contributed by atoms with Crippen LogP contribution < -0.4 is 5.32 Å². The molecule has 1 heterocycles. The largest absolute Gasteiger partial charge is 0.481 e. The van der Waals surface area contributed by atoms with Crippen LogP contribution in [0.4, 0.5) is 5.69 Å². The van der Waals surface area contributed by atoms with Crippen molar-refractivity contribution < 1.29 is 19.4 Å². The van der Waals surface area contributed by atoms with Crippen molar-refractivity contribution in [2.24, 2.45) is 0 Å². The Labute approximate surface area is 124 Å². The average Bonchev–Trinajstić information content (AvgIpc) is 2.47. The number of carboxylic acids is 1. The van der Waals surface area contributed by atoms with Gasteiger partial charge in [0.1, 0.15) is 0 Å². The van der Waals surface area contributed by atoms with Crippen LogP contribution in [-0.4, -0.2) is 29.7 Å². The summed E-state index contributed by atoms with van der Waals surface area (Å²) in [5.41, 5.74) is 1.54. The fourth-order valence-electron chi connectivity index (χ4n) is 2.48. The van der Waals surface area contributed by atoms with Gasteiger partial charge in [-0.2, -0.15) is 0 Å². The minimum Gasteiger partial charge on any atom is -0.481 e. The smallest absolute Gasteiger partial charge is 0.303 e. The third-order valence-corrected chi connectivity index (χ3v) is 3.59. The molecule has 5 heteroatoms. The highest BCUT2D eigenvalue weighted by atomic mass is 16.5. The molecule has 114 valence electrons. The third kappa shape index (κ3) is 5.19. The lowest BCUT2D eigenvalue weighted by molar-refractivity contribution is -0.137. The molecule has 2 N–H and O–H groups in total. The number of aryl methyl sites for hydroxylation is 1. The summed E-state index contributed by atoms with van der Waals surface area (Å²) in [4.78, 5) is 22.7. The summed E-state index contributed by atoms with van der Waals surface area (Å²) in [6.07, 6.45) is 3.92. The van der Waals surface area contributed by atoms with Crippen molar-refractivity contribution in [3.63, 3.8) is 0 Å². The molecule has 1 aliphatic rings. The first-order valence-electron chi connectivity index (χ1n) is 7.36. The number of rotatable bonds is 6. The minimum atomic E-state index is -0.841. The Morgan fingerprint density at radius 2 is 2.10 bits per heavy atom. The number of hydrogen-bond acceptors (Lipinski definition) is 3. The zero-order chi connectivity index (χ0) is 15.1. The van der Waals surface area contributed by atoms with E-state index in [1.165, 1.54) is 0 Å². The summed E-state index contributed by atoms with van der Waals surface area (Å²) in [5, 5.41) is 11.6. The molecule has 0 aromatic heterocycles. The molecule has 1 aliphatic heterocycles. The van der Waals surface area contributed by atoms with Crippen LogP contribution in [0.2, 0.25) is 0 Å². The van der Waals surface area contributed by atoms with E-state index >= 15 is 0 Å². The Balaban J connectivity index is 1.91. The Bertz CT molecular complexity index is 495. The Morgan fingerprint density at radius 3 is 2.81 bits per heavy atom. The normalized spacial score (nSPS) is 18.2. The first kappa shape index (κ1) is 15.5. The van der Waals surface area contributed by atoms with Crippen LogP contribution in [-0.2, 0) is 20.7 Å². The van der Waals surface area contributed by atoms with E-state index in [2.05, 4.69) is 5.32 Å². The van der Waals surface area contributed by atoms with Crippen molar-refractivity contribution in [1.82, 2.24) is 0 Å². The van der Waals surface area contributed by atoms with E-state index in [-0.39, 0.29) is 18.4 Å². The number of carbonyl (C=O) groups is 2. The second kappa shape index (κ2) is 7.78. The van der Waals surface area contributed by atoms with E-state index < -0.39 is 5.97 Å². The number of ether oxygens (including phenoxy) is 1. The highest BCUT2D eigenvalue weighted by Gasteiger charge is 2.18. The quantitative estimate of drug-likeness (QED) is 0.844. The highest BCUT2D eigenvalue weighted by Crippen LogP contribution is 2.19. The first-order valence-corrected chi connectivity index (χ1v) is 7.36. The highest BCUT2D eigenvalue weighted by molar-refractivity contribution is 5.91. The lowest BCUT2D eigenvalue weighted by Crippen LogP contribution is -2.25. The fourth-order valence-corrected chi connectivity index (χ4v) is 2.48. The van der Waals surface area contributed by atoms with Crippen molar-refractivity contribution >= 4 is 17.6 Å². The van der Waals surface area contributed by atoms with Crippen molar-refractivity contribution in [1.29, 1.82) is 0 Å². The summed E-state index contributed by atoms with van der Waals surface area (Å²) in [7, 11) is 0. The van der Waals surface area contributed by atoms with Gasteiger partial charge in [0, 0.05) is 18.7 Å². The van der Waals surface area contributed by atoms with Gasteiger partial charge in [-0.15, -0.1) is 0 Å². The van der Waals surface area contributed by atoms with Crippen LogP contribution in [0.3, 0.4) is 0 Å². The Kier molecular flexibility index (Phi) is 5.75. The molecule has 5 nitrogen and oxygen atoms in total. The molecular formula is C16H21NO4. The summed E-state index contributed by atoms with van der Waals surface area (Å²) in [6, 6.07) is 7.32. The van der Waals surface area contributed by atoms with Crippen LogP contribution in [0.15, 0.2) is 24.3 Å². The summed E-state index contributed by atoms with van der Waals surface area (Å²) in [5.74, 6) is -0.920. The molecule has 21 heavy (non-hydrogen) atoms. The fraction of sp³-hybridized carbons (Fsp3) is 0.500. The molecule has 1 fully saturated rings. The number of hydrogen-bond donors (Lipinski definition) is 2. The molecule has 0 radical (unpaired) electrons. The van der Waals surface area contributed by atoms with Gasteiger partial charge >= 0.3 is 5.97 Å². The predicted molar refractivity (Wildman–Crippen MR) is 79.2 cm³/mol. The van der Waals surface area contributed by atoms with Crippen LogP contribution in [0.5, 0.6) is 0 Å². The molecule has 1 aromatic rings. The average molecular weight is 291 g/mol. The monoisotopic (exact) mass is 291 g/mol. The van der Waals surface area contributed by atoms with Crippen molar-refractivity contribution in [3.8, 4) is 0 Å². The molecule has 1 unspecified atom stereocenters. The first-order chi connectivity index (χ1) is 10.1. The topological polar surface area (TPSA) is 75.6 Å². The Hall–Kier alpha value is -1.88. The zero-order valence-electron chi connectivity index (χ0n) is 12.0. The molecule has 1 amide bonds. The minimum absolute atomic E-state index is 0.00457. The zero-order valence-corrected chi connectivity index (χ0v) is 12.0. The maximum absolute atomic E-state index is 12.1. The number of carboxylic acid groups (broad SMARTS) is 1. The van der Waals surface area contributed by atoms with Gasteiger partial charge in [0.2, 0.25) is 5.91 Å². The molecule has 1 aromatic carbocycles. The third-order valence-electron chi connectivity index (χ3n) is 3.59. The van der Waals surface area contributed by atoms with E-state index in [4.69, 9.17) is 9.84 Å². The van der Waals surface area contributed by atoms with Gasteiger partial charge in [0.15, 0.2) is 0 Å². The van der Waals surface area contributed by atoms with E-state index in [9.17, 15) is 9.59 Å². The summed E-state index contributed by atoms with van der Waals surface area (Å²) >= 11 is 0. The van der Waals surface area contributed by atoms with Gasteiger partial charge in [-0.05, 0) is 37.3 Å². The number of aliphatic carboxylic acids is 1. The van der Waals surface area contributed by atoms with Gasteiger partial charge in [-0.1, -0.05) is 18.2 Å². The maximum Gasteiger partial charge on any atom is 0.303 e. The van der Waals surface area contributed by atoms with Crippen LogP contribution in [0, 0.1) is 0 Å². The van der Waals surface area contributed by atoms with Crippen molar-refractivity contribution in [2.75, 3.05) is 11.9 Å². The van der Waals surface area contributed by atoms with Crippen LogP contribution in [0.1, 0.15) is 37.7 Å². The summed E-state index contributed by atoms with van der Waals surface area (Å²) < 4.78 is 5.56. The van der Waals surface area contributed by atoms with Crippen LogP contribution in [0.25, 0.3) is 0 Å². The van der Waals surface area contributed by atoms with E-state index in [1.807, 2.05) is 18.2 Å². The standard InChI is InChI=1S/C16H21NO4/c18-15(11-13-6-3-4-10-21-13)17-14-7-2-1-5-12(14)8-9-16(19)20/h1-2,5,7,13H,3-4,6,8-11H2,(H,17,18)(H,19,20). The van der Waals surface area contributed by atoms with Gasteiger partial charge in [0.25, 0.3) is 0 Å². The molecule has 0 spiro atoms.